The Bertz CT molecular complexity index is 605. The van der Waals surface area contributed by atoms with E-state index in [4.69, 9.17) is 0 Å². The van der Waals surface area contributed by atoms with Gasteiger partial charge in [0, 0.05) is 23.0 Å². The lowest BCUT2D eigenvalue weighted by atomic mass is 10.00. The van der Waals surface area contributed by atoms with Crippen molar-refractivity contribution in [1.82, 2.24) is 0 Å². The van der Waals surface area contributed by atoms with Crippen LogP contribution in [-0.2, 0) is 4.79 Å². The van der Waals surface area contributed by atoms with Crippen LogP contribution in [0.2, 0.25) is 0 Å². The monoisotopic (exact) mass is 284 g/mol. The molecule has 0 heterocycles. The Morgan fingerprint density at radius 2 is 1.80 bits per heavy atom. The summed E-state index contributed by atoms with van der Waals surface area (Å²) in [5, 5.41) is 3.03. The third-order valence-corrected chi connectivity index (χ3v) is 5.22. The van der Waals surface area contributed by atoms with Gasteiger partial charge in [0.25, 0.3) is 0 Å². The van der Waals surface area contributed by atoms with Crippen molar-refractivity contribution in [2.45, 2.75) is 48.7 Å². The van der Waals surface area contributed by atoms with Gasteiger partial charge in [-0.15, -0.1) is 11.8 Å². The third-order valence-electron chi connectivity index (χ3n) is 3.96. The molecule has 0 aliphatic heterocycles. The van der Waals surface area contributed by atoms with Crippen molar-refractivity contribution in [2.24, 2.45) is 0 Å². The van der Waals surface area contributed by atoms with E-state index in [1.54, 1.807) is 0 Å². The molecule has 0 spiro atoms. The quantitative estimate of drug-likeness (QED) is 0.751. The molecule has 1 nitrogen and oxygen atoms in total. The van der Waals surface area contributed by atoms with E-state index in [1.807, 2.05) is 11.8 Å². The van der Waals surface area contributed by atoms with Crippen LogP contribution in [0.25, 0.3) is 10.8 Å². The molecular formula is C18H20OS. The molecule has 0 N–H and O–H groups in total. The van der Waals surface area contributed by atoms with Gasteiger partial charge in [-0.1, -0.05) is 43.2 Å². The standard InChI is InChI=1S/C18H20OS/c19-16-8-2-1-3-9-17(13-16)20-18-11-10-14-6-4-5-7-15(14)12-18/h4-7,10-12,17H,1-3,8-9,13H2/t17-/m1/s1. The Kier molecular flexibility index (Phi) is 4.41. The van der Waals surface area contributed by atoms with Gasteiger partial charge in [-0.2, -0.15) is 0 Å². The molecule has 0 radical (unpaired) electrons. The molecule has 1 atom stereocenters. The first kappa shape index (κ1) is 13.7. The predicted molar refractivity (Wildman–Crippen MR) is 86.3 cm³/mol. The number of hydrogen-bond donors (Lipinski definition) is 0. The summed E-state index contributed by atoms with van der Waals surface area (Å²) < 4.78 is 0. The minimum atomic E-state index is 0.447. The highest BCUT2D eigenvalue weighted by molar-refractivity contribution is 8.00. The first-order valence-corrected chi connectivity index (χ1v) is 8.36. The van der Waals surface area contributed by atoms with Crippen molar-refractivity contribution < 1.29 is 4.79 Å². The van der Waals surface area contributed by atoms with Crippen LogP contribution in [-0.4, -0.2) is 11.0 Å². The average Bonchev–Trinajstić information content (AvgIpc) is 2.44. The molecule has 0 amide bonds. The summed E-state index contributed by atoms with van der Waals surface area (Å²) in [6, 6.07) is 15.1. The second-order valence-electron chi connectivity index (χ2n) is 5.59. The van der Waals surface area contributed by atoms with E-state index in [9.17, 15) is 4.79 Å². The maximum Gasteiger partial charge on any atom is 0.134 e. The lowest BCUT2D eigenvalue weighted by molar-refractivity contribution is -0.119. The zero-order valence-corrected chi connectivity index (χ0v) is 12.5. The van der Waals surface area contributed by atoms with Gasteiger partial charge in [-0.3, -0.25) is 4.79 Å². The minimum absolute atomic E-state index is 0.447. The van der Waals surface area contributed by atoms with Crippen LogP contribution < -0.4 is 0 Å². The highest BCUT2D eigenvalue weighted by Crippen LogP contribution is 2.32. The molecule has 2 aromatic rings. The van der Waals surface area contributed by atoms with Gasteiger partial charge in [0.15, 0.2) is 0 Å². The van der Waals surface area contributed by atoms with E-state index >= 15 is 0 Å². The number of rotatable bonds is 2. The fraction of sp³-hybridized carbons (Fsp3) is 0.389. The second kappa shape index (κ2) is 6.45. The summed E-state index contributed by atoms with van der Waals surface area (Å²) in [7, 11) is 0. The van der Waals surface area contributed by atoms with E-state index < -0.39 is 0 Å². The average molecular weight is 284 g/mol. The highest BCUT2D eigenvalue weighted by atomic mass is 32.2. The van der Waals surface area contributed by atoms with E-state index in [1.165, 1.54) is 34.9 Å². The van der Waals surface area contributed by atoms with Crippen LogP contribution in [0.5, 0.6) is 0 Å². The molecule has 2 heteroatoms. The lowest BCUT2D eigenvalue weighted by Crippen LogP contribution is -2.13. The van der Waals surface area contributed by atoms with Gasteiger partial charge in [-0.05, 0) is 35.7 Å². The van der Waals surface area contributed by atoms with E-state index in [-0.39, 0.29) is 0 Å². The van der Waals surface area contributed by atoms with Gasteiger partial charge in [-0.25, -0.2) is 0 Å². The molecule has 104 valence electrons. The number of carbonyl (C=O) groups excluding carboxylic acids is 1. The summed E-state index contributed by atoms with van der Waals surface area (Å²) in [4.78, 5) is 13.1. The summed E-state index contributed by atoms with van der Waals surface area (Å²) in [6.45, 7) is 0. The first-order valence-electron chi connectivity index (χ1n) is 7.48. The van der Waals surface area contributed by atoms with Crippen LogP contribution in [0, 0.1) is 0 Å². The number of Topliss-reactive ketones (excluding diaryl/α,β-unsaturated/α-hetero) is 1. The maximum atomic E-state index is 11.8. The Labute approximate surface area is 124 Å². The zero-order valence-electron chi connectivity index (χ0n) is 11.7. The maximum absolute atomic E-state index is 11.8. The van der Waals surface area contributed by atoms with Crippen molar-refractivity contribution >= 4 is 28.3 Å². The molecule has 0 bridgehead atoms. The van der Waals surface area contributed by atoms with Crippen LogP contribution in [0.1, 0.15) is 38.5 Å². The normalized spacial score (nSPS) is 20.6. The SMILES string of the molecule is O=C1CCCCC[C@@H](Sc2ccc3ccccc3c2)C1. The molecular weight excluding hydrogens is 264 g/mol. The van der Waals surface area contributed by atoms with Gasteiger partial charge < -0.3 is 0 Å². The number of ketones is 1. The molecule has 1 fully saturated rings. The first-order chi connectivity index (χ1) is 9.81. The van der Waals surface area contributed by atoms with E-state index in [0.717, 1.165) is 19.3 Å². The van der Waals surface area contributed by atoms with Crippen LogP contribution in [0.3, 0.4) is 0 Å². The molecule has 0 unspecified atom stereocenters. The molecule has 1 saturated carbocycles. The molecule has 0 aromatic heterocycles. The van der Waals surface area contributed by atoms with E-state index in [0.29, 0.717) is 11.0 Å². The molecule has 3 rings (SSSR count). The van der Waals surface area contributed by atoms with Gasteiger partial charge >= 0.3 is 0 Å². The fourth-order valence-corrected chi connectivity index (χ4v) is 4.14. The number of fused-ring (bicyclic) bond motifs is 1. The van der Waals surface area contributed by atoms with Crippen molar-refractivity contribution in [3.63, 3.8) is 0 Å². The highest BCUT2D eigenvalue weighted by Gasteiger charge is 2.17. The van der Waals surface area contributed by atoms with Crippen LogP contribution in [0.15, 0.2) is 47.4 Å². The largest absolute Gasteiger partial charge is 0.300 e. The van der Waals surface area contributed by atoms with Gasteiger partial charge in [0.1, 0.15) is 5.78 Å². The Morgan fingerprint density at radius 3 is 2.70 bits per heavy atom. The minimum Gasteiger partial charge on any atom is -0.300 e. The summed E-state index contributed by atoms with van der Waals surface area (Å²) in [5.41, 5.74) is 0. The van der Waals surface area contributed by atoms with E-state index in [2.05, 4.69) is 42.5 Å². The number of hydrogen-bond acceptors (Lipinski definition) is 2. The topological polar surface area (TPSA) is 17.1 Å². The number of carbonyl (C=O) groups is 1. The van der Waals surface area contributed by atoms with Crippen molar-refractivity contribution in [2.75, 3.05) is 0 Å². The van der Waals surface area contributed by atoms with Crippen molar-refractivity contribution in [1.29, 1.82) is 0 Å². The van der Waals surface area contributed by atoms with Gasteiger partial charge in [0.2, 0.25) is 0 Å². The summed E-state index contributed by atoms with van der Waals surface area (Å²) >= 11 is 1.88. The van der Waals surface area contributed by atoms with Crippen LogP contribution in [0.4, 0.5) is 0 Å². The molecule has 1 aliphatic rings. The summed E-state index contributed by atoms with van der Waals surface area (Å²) in [6.07, 6.45) is 6.26. The third kappa shape index (κ3) is 3.43. The number of thioether (sulfide) groups is 1. The zero-order chi connectivity index (χ0) is 13.8. The smallest absolute Gasteiger partial charge is 0.134 e. The van der Waals surface area contributed by atoms with Crippen LogP contribution >= 0.6 is 11.8 Å². The Morgan fingerprint density at radius 1 is 0.950 bits per heavy atom. The number of benzene rings is 2. The van der Waals surface area contributed by atoms with Crippen molar-refractivity contribution in [3.8, 4) is 0 Å². The Balaban J connectivity index is 1.75. The summed E-state index contributed by atoms with van der Waals surface area (Å²) in [5.74, 6) is 0.447. The molecule has 1 aliphatic carbocycles. The Hall–Kier alpha value is -1.28. The molecule has 20 heavy (non-hydrogen) atoms. The molecule has 2 aromatic carbocycles. The lowest BCUT2D eigenvalue weighted by Gasteiger charge is -2.18. The van der Waals surface area contributed by atoms with Crippen molar-refractivity contribution in [3.05, 3.63) is 42.5 Å². The second-order valence-corrected chi connectivity index (χ2v) is 6.96. The predicted octanol–water partition coefficient (Wildman–Crippen LogP) is 5.22. The fourth-order valence-electron chi connectivity index (χ4n) is 2.86. The molecule has 0 saturated heterocycles. The van der Waals surface area contributed by atoms with Gasteiger partial charge in [0.05, 0.1) is 0 Å².